The van der Waals surface area contributed by atoms with Crippen LogP contribution in [0.2, 0.25) is 0 Å². The van der Waals surface area contributed by atoms with E-state index in [9.17, 15) is 0 Å². The summed E-state index contributed by atoms with van der Waals surface area (Å²) in [5.74, 6) is 1.97. The predicted molar refractivity (Wildman–Crippen MR) is 229 cm³/mol. The van der Waals surface area contributed by atoms with E-state index in [1.54, 1.807) is 0 Å². The molecule has 0 N–H and O–H groups in total. The highest BCUT2D eigenvalue weighted by Gasteiger charge is 2.35. The maximum Gasteiger partial charge on any atom is 0.164 e. The van der Waals surface area contributed by atoms with Crippen molar-refractivity contribution in [2.24, 2.45) is 0 Å². The van der Waals surface area contributed by atoms with E-state index in [-0.39, 0.29) is 5.41 Å². The summed E-state index contributed by atoms with van der Waals surface area (Å²) in [5, 5.41) is 10.1. The molecule has 258 valence electrons. The van der Waals surface area contributed by atoms with Crippen LogP contribution in [0, 0.1) is 0 Å². The van der Waals surface area contributed by atoms with Crippen LogP contribution in [0.5, 0.6) is 0 Å². The fourth-order valence-corrected chi connectivity index (χ4v) is 8.95. The molecule has 3 heteroatoms. The van der Waals surface area contributed by atoms with E-state index in [0.29, 0.717) is 17.5 Å². The lowest BCUT2D eigenvalue weighted by Gasteiger charge is -2.21. The average molecular weight is 702 g/mol. The molecule has 1 heterocycles. The molecule has 0 amide bonds. The van der Waals surface area contributed by atoms with Crippen molar-refractivity contribution in [3.8, 4) is 56.4 Å². The Labute approximate surface area is 319 Å². The lowest BCUT2D eigenvalue weighted by molar-refractivity contribution is 0.660. The minimum atomic E-state index is -0.127. The van der Waals surface area contributed by atoms with Gasteiger partial charge in [0, 0.05) is 22.1 Å². The second kappa shape index (κ2) is 12.0. The highest BCUT2D eigenvalue weighted by atomic mass is 15.0. The molecule has 10 aromatic rings. The number of hydrogen-bond donors (Lipinski definition) is 0. The van der Waals surface area contributed by atoms with Crippen LogP contribution in [-0.4, -0.2) is 15.0 Å². The third-order valence-corrected chi connectivity index (χ3v) is 11.7. The molecule has 0 unspecified atom stereocenters. The maximum atomic E-state index is 5.20. The number of rotatable bonds is 4. The Morgan fingerprint density at radius 3 is 1.75 bits per heavy atom. The first-order valence-electron chi connectivity index (χ1n) is 18.9. The molecule has 3 nitrogen and oxygen atoms in total. The van der Waals surface area contributed by atoms with Crippen LogP contribution in [-0.2, 0) is 5.41 Å². The number of benzene rings is 9. The van der Waals surface area contributed by atoms with Crippen LogP contribution in [0.25, 0.3) is 99.5 Å². The molecule has 0 aliphatic heterocycles. The van der Waals surface area contributed by atoms with Crippen molar-refractivity contribution in [3.63, 3.8) is 0 Å². The maximum absolute atomic E-state index is 5.20. The molecule has 0 atom stereocenters. The first-order valence-corrected chi connectivity index (χ1v) is 18.9. The Kier molecular flexibility index (Phi) is 6.90. The third kappa shape index (κ3) is 4.93. The van der Waals surface area contributed by atoms with Gasteiger partial charge in [-0.15, -0.1) is 0 Å². The molecular formula is C52H35N3. The fraction of sp³-hybridized carbons (Fsp3) is 0.0577. The van der Waals surface area contributed by atoms with E-state index in [4.69, 9.17) is 15.0 Å². The normalized spacial score (nSPS) is 13.1. The Balaban J connectivity index is 1.07. The Morgan fingerprint density at radius 1 is 0.327 bits per heavy atom. The van der Waals surface area contributed by atoms with Gasteiger partial charge in [-0.1, -0.05) is 178 Å². The molecule has 1 aliphatic carbocycles. The van der Waals surface area contributed by atoms with Gasteiger partial charge in [0.1, 0.15) is 0 Å². The van der Waals surface area contributed by atoms with E-state index in [2.05, 4.69) is 172 Å². The highest BCUT2D eigenvalue weighted by molar-refractivity contribution is 6.25. The molecule has 9 aromatic carbocycles. The van der Waals surface area contributed by atoms with Crippen molar-refractivity contribution >= 4 is 43.1 Å². The van der Waals surface area contributed by atoms with Gasteiger partial charge in [0.2, 0.25) is 0 Å². The van der Waals surface area contributed by atoms with Crippen molar-refractivity contribution in [3.05, 3.63) is 187 Å². The summed E-state index contributed by atoms with van der Waals surface area (Å²) in [7, 11) is 0. The fourth-order valence-electron chi connectivity index (χ4n) is 8.95. The molecule has 0 fully saturated rings. The molecule has 0 spiro atoms. The summed E-state index contributed by atoms with van der Waals surface area (Å²) in [6, 6.07) is 63.2. The van der Waals surface area contributed by atoms with Gasteiger partial charge >= 0.3 is 0 Å². The summed E-state index contributed by atoms with van der Waals surface area (Å²) in [4.78, 5) is 15.4. The zero-order valence-corrected chi connectivity index (χ0v) is 30.6. The lowest BCUT2D eigenvalue weighted by Crippen LogP contribution is -2.15. The van der Waals surface area contributed by atoms with Crippen LogP contribution in [0.3, 0.4) is 0 Å². The topological polar surface area (TPSA) is 38.7 Å². The summed E-state index contributed by atoms with van der Waals surface area (Å²) in [5.41, 5.74) is 10.3. The zero-order chi connectivity index (χ0) is 36.7. The molecule has 1 aliphatic rings. The van der Waals surface area contributed by atoms with Gasteiger partial charge in [0.15, 0.2) is 17.5 Å². The van der Waals surface area contributed by atoms with Gasteiger partial charge in [-0.3, -0.25) is 0 Å². The second-order valence-electron chi connectivity index (χ2n) is 15.2. The monoisotopic (exact) mass is 701 g/mol. The zero-order valence-electron chi connectivity index (χ0n) is 30.6. The number of nitrogens with zero attached hydrogens (tertiary/aromatic N) is 3. The van der Waals surface area contributed by atoms with Crippen molar-refractivity contribution in [2.45, 2.75) is 19.3 Å². The largest absolute Gasteiger partial charge is 0.208 e. The third-order valence-electron chi connectivity index (χ3n) is 11.7. The Hall–Kier alpha value is -6.97. The van der Waals surface area contributed by atoms with E-state index >= 15 is 0 Å². The van der Waals surface area contributed by atoms with Crippen molar-refractivity contribution < 1.29 is 0 Å². The van der Waals surface area contributed by atoms with Crippen molar-refractivity contribution in [1.82, 2.24) is 15.0 Å². The summed E-state index contributed by atoms with van der Waals surface area (Å²) in [6.07, 6.45) is 0. The molecule has 0 radical (unpaired) electrons. The highest BCUT2D eigenvalue weighted by Crippen LogP contribution is 2.49. The van der Waals surface area contributed by atoms with Crippen LogP contribution in [0.15, 0.2) is 176 Å². The summed E-state index contributed by atoms with van der Waals surface area (Å²) < 4.78 is 0. The minimum absolute atomic E-state index is 0.127. The van der Waals surface area contributed by atoms with Gasteiger partial charge in [-0.25, -0.2) is 15.0 Å². The van der Waals surface area contributed by atoms with Crippen molar-refractivity contribution in [2.75, 3.05) is 0 Å². The quantitative estimate of drug-likeness (QED) is 0.171. The number of fused-ring (bicyclic) bond motifs is 10. The van der Waals surface area contributed by atoms with Crippen LogP contribution in [0.4, 0.5) is 0 Å². The minimum Gasteiger partial charge on any atom is -0.208 e. The van der Waals surface area contributed by atoms with E-state index in [0.717, 1.165) is 22.3 Å². The first kappa shape index (κ1) is 31.5. The smallest absolute Gasteiger partial charge is 0.164 e. The summed E-state index contributed by atoms with van der Waals surface area (Å²) >= 11 is 0. The Bertz CT molecular complexity index is 3180. The van der Waals surface area contributed by atoms with Crippen LogP contribution in [0.1, 0.15) is 25.0 Å². The SMILES string of the molecule is CC1(C)c2ccccc2-c2ccc(-c3nc(-c4ccccc4)nc(-c4cccc(-c5cccc6c5ccc5ccc7c8ccccc8ccc7c56)c4)n3)cc21. The molecule has 55 heavy (non-hydrogen) atoms. The summed E-state index contributed by atoms with van der Waals surface area (Å²) in [6.45, 7) is 4.61. The first-order chi connectivity index (χ1) is 27.0. The van der Waals surface area contributed by atoms with Gasteiger partial charge in [-0.05, 0) is 88.6 Å². The predicted octanol–water partition coefficient (Wildman–Crippen LogP) is 13.5. The second-order valence-corrected chi connectivity index (χ2v) is 15.2. The molecule has 0 saturated heterocycles. The molecule has 11 rings (SSSR count). The van der Waals surface area contributed by atoms with Gasteiger partial charge < -0.3 is 0 Å². The Morgan fingerprint density at radius 2 is 0.891 bits per heavy atom. The number of hydrogen-bond acceptors (Lipinski definition) is 3. The van der Waals surface area contributed by atoms with E-state index < -0.39 is 0 Å². The molecular weight excluding hydrogens is 667 g/mol. The van der Waals surface area contributed by atoms with Gasteiger partial charge in [0.25, 0.3) is 0 Å². The molecule has 1 aromatic heterocycles. The lowest BCUT2D eigenvalue weighted by atomic mass is 9.82. The van der Waals surface area contributed by atoms with E-state index in [1.807, 2.05) is 18.2 Å². The average Bonchev–Trinajstić information content (AvgIpc) is 3.48. The van der Waals surface area contributed by atoms with E-state index in [1.165, 1.54) is 70.9 Å². The van der Waals surface area contributed by atoms with Crippen molar-refractivity contribution in [1.29, 1.82) is 0 Å². The van der Waals surface area contributed by atoms with Crippen LogP contribution < -0.4 is 0 Å². The molecule has 0 bridgehead atoms. The standard InChI is InChI=1S/C52H35N3/c1-52(2)46-21-9-8-18-42(46)43-28-25-37(31-47(43)52)51-54-49(34-13-4-3-5-14-34)53-50(55-51)36-16-10-15-35(30-36)39-19-11-20-44-41(39)27-24-33-23-26-40-38-17-7-6-12-32(38)22-29-45(40)48(33)44/h3-31H,1-2H3. The van der Waals surface area contributed by atoms with Gasteiger partial charge in [0.05, 0.1) is 0 Å². The van der Waals surface area contributed by atoms with Crippen LogP contribution >= 0.6 is 0 Å². The van der Waals surface area contributed by atoms with Gasteiger partial charge in [-0.2, -0.15) is 0 Å². The number of aromatic nitrogens is 3. The molecule has 0 saturated carbocycles.